The molecular formula is C14H24N2O2. The molecule has 0 spiro atoms. The van der Waals surface area contributed by atoms with Gasteiger partial charge < -0.3 is 9.64 Å². The Labute approximate surface area is 109 Å². The van der Waals surface area contributed by atoms with Crippen LogP contribution in [0.5, 0.6) is 0 Å². The smallest absolute Gasteiger partial charge is 0.241 e. The van der Waals surface area contributed by atoms with Crippen LogP contribution >= 0.6 is 0 Å². The number of nitrogens with zero attached hydrogens (tertiary/aromatic N) is 1. The minimum absolute atomic E-state index is 0.0131. The minimum Gasteiger partial charge on any atom is -0.373 e. The van der Waals surface area contributed by atoms with Crippen LogP contribution in [-0.4, -0.2) is 41.3 Å². The lowest BCUT2D eigenvalue weighted by Gasteiger charge is -2.32. The number of carbonyl (C=O) groups excluding carboxylic acids is 1. The minimum atomic E-state index is 0.0131. The molecule has 4 heteroatoms. The van der Waals surface area contributed by atoms with Gasteiger partial charge in [-0.3, -0.25) is 10.1 Å². The lowest BCUT2D eigenvalue weighted by Crippen LogP contribution is -2.47. The van der Waals surface area contributed by atoms with E-state index in [2.05, 4.69) is 31.0 Å². The SMILES string of the molecule is CC(C)CC1NC(C)N(C2CC3CCC2O3)C1=O. The molecule has 0 aromatic rings. The number of carbonyl (C=O) groups is 1. The fourth-order valence-corrected chi connectivity index (χ4v) is 3.81. The van der Waals surface area contributed by atoms with Crippen molar-refractivity contribution in [3.63, 3.8) is 0 Å². The summed E-state index contributed by atoms with van der Waals surface area (Å²) in [5.41, 5.74) is 0. The zero-order valence-corrected chi connectivity index (χ0v) is 11.6. The number of fused-ring (bicyclic) bond motifs is 2. The van der Waals surface area contributed by atoms with E-state index in [0.717, 1.165) is 19.3 Å². The van der Waals surface area contributed by atoms with Crippen LogP contribution in [-0.2, 0) is 9.53 Å². The summed E-state index contributed by atoms with van der Waals surface area (Å²) in [4.78, 5) is 14.6. The molecule has 5 unspecified atom stereocenters. The van der Waals surface area contributed by atoms with Crippen LogP contribution in [0.3, 0.4) is 0 Å². The molecular weight excluding hydrogens is 228 g/mol. The Morgan fingerprint density at radius 3 is 2.78 bits per heavy atom. The standard InChI is InChI=1S/C14H24N2O2/c1-8(2)6-11-14(17)16(9(3)15-11)12-7-10-4-5-13(12)18-10/h8-13,15H,4-7H2,1-3H3. The zero-order chi connectivity index (χ0) is 12.9. The Kier molecular flexibility index (Phi) is 3.10. The molecule has 3 fully saturated rings. The van der Waals surface area contributed by atoms with Gasteiger partial charge in [0, 0.05) is 0 Å². The molecule has 5 atom stereocenters. The number of rotatable bonds is 3. The van der Waals surface area contributed by atoms with E-state index in [1.165, 1.54) is 6.42 Å². The van der Waals surface area contributed by atoms with E-state index in [1.807, 2.05) is 0 Å². The Morgan fingerprint density at radius 1 is 1.44 bits per heavy atom. The monoisotopic (exact) mass is 252 g/mol. The van der Waals surface area contributed by atoms with Gasteiger partial charge in [-0.15, -0.1) is 0 Å². The summed E-state index contributed by atoms with van der Waals surface area (Å²) in [7, 11) is 0. The van der Waals surface area contributed by atoms with Gasteiger partial charge in [-0.25, -0.2) is 0 Å². The Bertz CT molecular complexity index is 345. The van der Waals surface area contributed by atoms with Crippen LogP contribution in [0.2, 0.25) is 0 Å². The summed E-state index contributed by atoms with van der Waals surface area (Å²) in [6.07, 6.45) is 5.14. The van der Waals surface area contributed by atoms with Gasteiger partial charge in [0.1, 0.15) is 0 Å². The van der Waals surface area contributed by atoms with Gasteiger partial charge in [-0.1, -0.05) is 13.8 Å². The van der Waals surface area contributed by atoms with Crippen LogP contribution in [0, 0.1) is 5.92 Å². The van der Waals surface area contributed by atoms with Crippen molar-refractivity contribution in [1.82, 2.24) is 10.2 Å². The molecule has 3 saturated heterocycles. The fourth-order valence-electron chi connectivity index (χ4n) is 3.81. The second kappa shape index (κ2) is 4.49. The van der Waals surface area contributed by atoms with Crippen LogP contribution < -0.4 is 5.32 Å². The molecule has 2 bridgehead atoms. The molecule has 1 amide bonds. The maximum absolute atomic E-state index is 12.5. The van der Waals surface area contributed by atoms with E-state index in [1.54, 1.807) is 0 Å². The van der Waals surface area contributed by atoms with E-state index in [0.29, 0.717) is 24.2 Å². The second-order valence-electron chi connectivity index (χ2n) is 6.45. The number of hydrogen-bond acceptors (Lipinski definition) is 3. The van der Waals surface area contributed by atoms with E-state index in [9.17, 15) is 4.79 Å². The first-order valence-electron chi connectivity index (χ1n) is 7.30. The molecule has 3 heterocycles. The first-order valence-corrected chi connectivity index (χ1v) is 7.30. The predicted octanol–water partition coefficient (Wildman–Crippen LogP) is 1.50. The molecule has 0 aromatic heterocycles. The van der Waals surface area contributed by atoms with Crippen molar-refractivity contribution in [1.29, 1.82) is 0 Å². The third-order valence-corrected chi connectivity index (χ3v) is 4.55. The van der Waals surface area contributed by atoms with Crippen molar-refractivity contribution in [2.24, 2.45) is 5.92 Å². The summed E-state index contributed by atoms with van der Waals surface area (Å²) in [6, 6.07) is 0.329. The van der Waals surface area contributed by atoms with Gasteiger partial charge in [0.2, 0.25) is 5.91 Å². The molecule has 3 rings (SSSR count). The molecule has 0 saturated carbocycles. The maximum atomic E-state index is 12.5. The zero-order valence-electron chi connectivity index (χ0n) is 11.6. The van der Waals surface area contributed by atoms with Crippen LogP contribution in [0.15, 0.2) is 0 Å². The molecule has 0 aliphatic carbocycles. The van der Waals surface area contributed by atoms with Gasteiger partial charge >= 0.3 is 0 Å². The number of hydrogen-bond donors (Lipinski definition) is 1. The van der Waals surface area contributed by atoms with Crippen molar-refractivity contribution < 1.29 is 9.53 Å². The van der Waals surface area contributed by atoms with Crippen LogP contribution in [0.4, 0.5) is 0 Å². The largest absolute Gasteiger partial charge is 0.373 e. The topological polar surface area (TPSA) is 41.6 Å². The highest BCUT2D eigenvalue weighted by atomic mass is 16.5. The summed E-state index contributed by atoms with van der Waals surface area (Å²) in [5, 5.41) is 3.44. The Balaban J connectivity index is 1.71. The maximum Gasteiger partial charge on any atom is 0.241 e. The summed E-state index contributed by atoms with van der Waals surface area (Å²) >= 11 is 0. The lowest BCUT2D eigenvalue weighted by molar-refractivity contribution is -0.133. The van der Waals surface area contributed by atoms with Crippen molar-refractivity contribution in [3.8, 4) is 0 Å². The average molecular weight is 252 g/mol. The lowest BCUT2D eigenvalue weighted by atomic mass is 9.93. The van der Waals surface area contributed by atoms with Gasteiger partial charge in [-0.2, -0.15) is 0 Å². The van der Waals surface area contributed by atoms with Crippen molar-refractivity contribution in [2.75, 3.05) is 0 Å². The van der Waals surface area contributed by atoms with Crippen LogP contribution in [0.1, 0.15) is 46.5 Å². The molecule has 0 aromatic carbocycles. The molecule has 18 heavy (non-hydrogen) atoms. The van der Waals surface area contributed by atoms with Crippen molar-refractivity contribution >= 4 is 5.91 Å². The highest BCUT2D eigenvalue weighted by Crippen LogP contribution is 2.39. The number of amides is 1. The third-order valence-electron chi connectivity index (χ3n) is 4.55. The first-order chi connectivity index (χ1) is 8.56. The van der Waals surface area contributed by atoms with E-state index in [-0.39, 0.29) is 18.1 Å². The molecule has 4 nitrogen and oxygen atoms in total. The fraction of sp³-hybridized carbons (Fsp3) is 0.929. The highest BCUT2D eigenvalue weighted by molar-refractivity contribution is 5.84. The van der Waals surface area contributed by atoms with Crippen LogP contribution in [0.25, 0.3) is 0 Å². The molecule has 102 valence electrons. The highest BCUT2D eigenvalue weighted by Gasteiger charge is 2.49. The Morgan fingerprint density at radius 2 is 2.22 bits per heavy atom. The predicted molar refractivity (Wildman–Crippen MR) is 69.0 cm³/mol. The van der Waals surface area contributed by atoms with E-state index >= 15 is 0 Å². The molecule has 3 aliphatic heterocycles. The van der Waals surface area contributed by atoms with Gasteiger partial charge in [0.15, 0.2) is 0 Å². The Hall–Kier alpha value is -0.610. The van der Waals surface area contributed by atoms with E-state index in [4.69, 9.17) is 4.74 Å². The molecule has 3 aliphatic rings. The number of nitrogens with one attached hydrogen (secondary N) is 1. The van der Waals surface area contributed by atoms with E-state index < -0.39 is 0 Å². The first kappa shape index (κ1) is 12.4. The quantitative estimate of drug-likeness (QED) is 0.827. The van der Waals surface area contributed by atoms with Crippen molar-refractivity contribution in [3.05, 3.63) is 0 Å². The van der Waals surface area contributed by atoms with Gasteiger partial charge in [0.05, 0.1) is 30.5 Å². The summed E-state index contributed by atoms with van der Waals surface area (Å²) < 4.78 is 5.89. The number of ether oxygens (including phenoxy) is 1. The summed E-state index contributed by atoms with van der Waals surface area (Å²) in [5.74, 6) is 0.840. The molecule has 1 N–H and O–H groups in total. The second-order valence-corrected chi connectivity index (χ2v) is 6.45. The van der Waals surface area contributed by atoms with Crippen molar-refractivity contribution in [2.45, 2.75) is 76.9 Å². The average Bonchev–Trinajstić information content (AvgIpc) is 2.94. The molecule has 0 radical (unpaired) electrons. The summed E-state index contributed by atoms with van der Waals surface area (Å²) in [6.45, 7) is 6.44. The van der Waals surface area contributed by atoms with Gasteiger partial charge in [-0.05, 0) is 38.5 Å². The third kappa shape index (κ3) is 1.95. The van der Waals surface area contributed by atoms with Gasteiger partial charge in [0.25, 0.3) is 0 Å². The normalized spacial score (nSPS) is 43.4.